The summed E-state index contributed by atoms with van der Waals surface area (Å²) in [4.78, 5) is 0. The molecule has 0 unspecified atom stereocenters. The van der Waals surface area contributed by atoms with Gasteiger partial charge in [0.15, 0.2) is 11.5 Å². The normalized spacial score (nSPS) is 10.6. The third-order valence-electron chi connectivity index (χ3n) is 4.63. The minimum atomic E-state index is -0.369. The number of methoxy groups -OCH3 is 1. The molecule has 0 fully saturated rings. The van der Waals surface area contributed by atoms with Gasteiger partial charge in [0, 0.05) is 17.8 Å². The lowest BCUT2D eigenvalue weighted by Gasteiger charge is -2.14. The second-order valence-electron chi connectivity index (χ2n) is 6.66. The molecule has 0 aliphatic rings. The molecule has 3 nitrogen and oxygen atoms in total. The van der Waals surface area contributed by atoms with Crippen molar-refractivity contribution >= 4 is 17.3 Å². The topological polar surface area (TPSA) is 30.5 Å². The highest BCUT2D eigenvalue weighted by Crippen LogP contribution is 2.30. The molecule has 1 N–H and O–H groups in total. The number of nitrogens with one attached hydrogen (secondary N) is 1. The van der Waals surface area contributed by atoms with E-state index in [9.17, 15) is 4.39 Å². The van der Waals surface area contributed by atoms with Crippen LogP contribution in [0.2, 0.25) is 5.02 Å². The highest BCUT2D eigenvalue weighted by Gasteiger charge is 2.09. The molecular formula is C23H23ClFNO2. The summed E-state index contributed by atoms with van der Waals surface area (Å²) in [7, 11) is 1.60. The maximum absolute atomic E-state index is 13.2. The van der Waals surface area contributed by atoms with E-state index in [0.717, 1.165) is 11.3 Å². The van der Waals surface area contributed by atoms with Gasteiger partial charge >= 0.3 is 0 Å². The van der Waals surface area contributed by atoms with Crippen molar-refractivity contribution in [2.45, 2.75) is 27.0 Å². The minimum Gasteiger partial charge on any atom is -0.493 e. The Kier molecular flexibility index (Phi) is 6.42. The molecule has 0 heterocycles. The third kappa shape index (κ3) is 4.96. The molecular weight excluding hydrogens is 377 g/mol. The number of aryl methyl sites for hydroxylation is 2. The van der Waals surface area contributed by atoms with Gasteiger partial charge in [-0.15, -0.1) is 0 Å². The van der Waals surface area contributed by atoms with Crippen LogP contribution in [0.4, 0.5) is 10.1 Å². The van der Waals surface area contributed by atoms with E-state index in [4.69, 9.17) is 21.1 Å². The van der Waals surface area contributed by atoms with E-state index in [1.807, 2.05) is 18.2 Å². The summed E-state index contributed by atoms with van der Waals surface area (Å²) in [5, 5.41) is 3.76. The van der Waals surface area contributed by atoms with Crippen LogP contribution < -0.4 is 14.8 Å². The van der Waals surface area contributed by atoms with E-state index in [2.05, 4.69) is 37.4 Å². The molecule has 5 heteroatoms. The molecule has 0 amide bonds. The average Bonchev–Trinajstić information content (AvgIpc) is 2.68. The van der Waals surface area contributed by atoms with Crippen LogP contribution in [0, 0.1) is 19.7 Å². The molecule has 0 spiro atoms. The summed E-state index contributed by atoms with van der Waals surface area (Å²) in [5.74, 6) is 0.877. The molecule has 0 atom stereocenters. The summed E-state index contributed by atoms with van der Waals surface area (Å²) in [5.41, 5.74) is 5.39. The number of halogens is 2. The number of ether oxygens (including phenoxy) is 2. The van der Waals surface area contributed by atoms with Gasteiger partial charge in [0.1, 0.15) is 12.4 Å². The Hall–Kier alpha value is -2.72. The first-order chi connectivity index (χ1) is 13.5. The van der Waals surface area contributed by atoms with E-state index >= 15 is 0 Å². The molecule has 0 aromatic heterocycles. The Balaban J connectivity index is 1.66. The highest BCUT2D eigenvalue weighted by molar-refractivity contribution is 6.31. The zero-order chi connectivity index (χ0) is 20.1. The van der Waals surface area contributed by atoms with E-state index in [-0.39, 0.29) is 12.4 Å². The first-order valence-corrected chi connectivity index (χ1v) is 9.39. The lowest BCUT2D eigenvalue weighted by molar-refractivity contribution is 0.284. The van der Waals surface area contributed by atoms with Crippen molar-refractivity contribution in [3.8, 4) is 11.5 Å². The van der Waals surface area contributed by atoms with Crippen LogP contribution in [-0.2, 0) is 13.2 Å². The average molecular weight is 400 g/mol. The fourth-order valence-electron chi connectivity index (χ4n) is 2.79. The Morgan fingerprint density at radius 2 is 1.75 bits per heavy atom. The zero-order valence-corrected chi connectivity index (χ0v) is 16.9. The van der Waals surface area contributed by atoms with Gasteiger partial charge in [-0.2, -0.15) is 0 Å². The van der Waals surface area contributed by atoms with Crippen molar-refractivity contribution in [2.75, 3.05) is 12.4 Å². The van der Waals surface area contributed by atoms with Gasteiger partial charge in [0.2, 0.25) is 0 Å². The molecule has 0 saturated heterocycles. The molecule has 3 aromatic rings. The van der Waals surface area contributed by atoms with E-state index in [0.29, 0.717) is 28.6 Å². The SMILES string of the molecule is COc1cc(CNc2ccc(C)c(C)c2)ccc1OCc1ccc(F)cc1Cl. The Morgan fingerprint density at radius 1 is 0.929 bits per heavy atom. The fourth-order valence-corrected chi connectivity index (χ4v) is 3.01. The molecule has 0 saturated carbocycles. The van der Waals surface area contributed by atoms with Gasteiger partial charge in [0.05, 0.1) is 12.1 Å². The smallest absolute Gasteiger partial charge is 0.161 e. The summed E-state index contributed by atoms with van der Waals surface area (Å²) in [6, 6.07) is 16.4. The second kappa shape index (κ2) is 8.98. The number of hydrogen-bond donors (Lipinski definition) is 1. The minimum absolute atomic E-state index is 0.232. The van der Waals surface area contributed by atoms with Crippen molar-refractivity contribution in [3.05, 3.63) is 87.7 Å². The van der Waals surface area contributed by atoms with Crippen LogP contribution in [0.15, 0.2) is 54.6 Å². The maximum atomic E-state index is 13.2. The second-order valence-corrected chi connectivity index (χ2v) is 7.07. The standard InChI is InChI=1S/C23H23ClFNO2/c1-15-4-8-20(10-16(15)2)26-13-17-5-9-22(23(11-17)27-3)28-14-18-6-7-19(25)12-21(18)24/h4-12,26H,13-14H2,1-3H3. The number of hydrogen-bond acceptors (Lipinski definition) is 3. The van der Waals surface area contributed by atoms with Gasteiger partial charge in [-0.25, -0.2) is 4.39 Å². The Bertz CT molecular complexity index is 975. The molecule has 3 aromatic carbocycles. The highest BCUT2D eigenvalue weighted by atomic mass is 35.5. The van der Waals surface area contributed by atoms with Gasteiger partial charge in [-0.3, -0.25) is 0 Å². The molecule has 146 valence electrons. The molecule has 0 aliphatic carbocycles. The maximum Gasteiger partial charge on any atom is 0.161 e. The summed E-state index contributed by atoms with van der Waals surface area (Å²) >= 11 is 6.06. The lowest BCUT2D eigenvalue weighted by atomic mass is 10.1. The number of rotatable bonds is 7. The van der Waals surface area contributed by atoms with Crippen molar-refractivity contribution in [3.63, 3.8) is 0 Å². The number of benzene rings is 3. The first kappa shape index (κ1) is 20.0. The van der Waals surface area contributed by atoms with Gasteiger partial charge in [0.25, 0.3) is 0 Å². The predicted octanol–water partition coefficient (Wildman–Crippen LogP) is 6.30. The summed E-state index contributed by atoms with van der Waals surface area (Å²) in [6.07, 6.45) is 0. The van der Waals surface area contributed by atoms with Crippen molar-refractivity contribution < 1.29 is 13.9 Å². The van der Waals surface area contributed by atoms with Crippen LogP contribution in [0.1, 0.15) is 22.3 Å². The molecule has 0 radical (unpaired) electrons. The van der Waals surface area contributed by atoms with Crippen LogP contribution in [-0.4, -0.2) is 7.11 Å². The first-order valence-electron chi connectivity index (χ1n) is 9.01. The monoisotopic (exact) mass is 399 g/mol. The Labute approximate surface area is 170 Å². The Morgan fingerprint density at radius 3 is 2.46 bits per heavy atom. The summed E-state index contributed by atoms with van der Waals surface area (Å²) < 4.78 is 24.5. The lowest BCUT2D eigenvalue weighted by Crippen LogP contribution is -2.02. The fraction of sp³-hybridized carbons (Fsp3) is 0.217. The van der Waals surface area contributed by atoms with Gasteiger partial charge in [-0.1, -0.05) is 29.8 Å². The quantitative estimate of drug-likeness (QED) is 0.506. The predicted molar refractivity (Wildman–Crippen MR) is 112 cm³/mol. The summed E-state index contributed by atoms with van der Waals surface area (Å²) in [6.45, 7) is 5.10. The van der Waals surface area contributed by atoms with Crippen LogP contribution in [0.3, 0.4) is 0 Å². The van der Waals surface area contributed by atoms with Crippen molar-refractivity contribution in [2.24, 2.45) is 0 Å². The van der Waals surface area contributed by atoms with Gasteiger partial charge < -0.3 is 14.8 Å². The van der Waals surface area contributed by atoms with Crippen LogP contribution in [0.5, 0.6) is 11.5 Å². The van der Waals surface area contributed by atoms with Crippen molar-refractivity contribution in [1.29, 1.82) is 0 Å². The van der Waals surface area contributed by atoms with E-state index in [1.165, 1.54) is 23.3 Å². The van der Waals surface area contributed by atoms with Crippen molar-refractivity contribution in [1.82, 2.24) is 0 Å². The largest absolute Gasteiger partial charge is 0.493 e. The third-order valence-corrected chi connectivity index (χ3v) is 4.98. The number of anilines is 1. The molecule has 0 bridgehead atoms. The van der Waals surface area contributed by atoms with Gasteiger partial charge in [-0.05, 0) is 66.9 Å². The van der Waals surface area contributed by atoms with E-state index in [1.54, 1.807) is 13.2 Å². The zero-order valence-electron chi connectivity index (χ0n) is 16.2. The molecule has 3 rings (SSSR count). The van der Waals surface area contributed by atoms with E-state index < -0.39 is 0 Å². The van der Waals surface area contributed by atoms with Crippen LogP contribution >= 0.6 is 11.6 Å². The van der Waals surface area contributed by atoms with Crippen LogP contribution in [0.25, 0.3) is 0 Å². The molecule has 28 heavy (non-hydrogen) atoms. The molecule has 0 aliphatic heterocycles.